The third-order valence-electron chi connectivity index (χ3n) is 2.57. The van der Waals surface area contributed by atoms with E-state index < -0.39 is 26.4 Å². The molecule has 2 aromatic rings. The van der Waals surface area contributed by atoms with Crippen molar-refractivity contribution in [3.05, 3.63) is 22.6 Å². The Kier molecular flexibility index (Phi) is 3.72. The molecule has 0 aliphatic heterocycles. The molecule has 0 aliphatic rings. The van der Waals surface area contributed by atoms with Crippen LogP contribution in [-0.2, 0) is 26.4 Å². The second-order valence-electron chi connectivity index (χ2n) is 3.50. The van der Waals surface area contributed by atoms with E-state index in [1.165, 1.54) is 0 Å². The number of hydrogen-bond donors (Lipinski definition) is 4. The number of hydrogen-bond acceptors (Lipinski definition) is 8. The number of aliphatic hydroxyl groups excluding tert-OH is 4. The number of rotatable bonds is 5. The molecule has 18 heavy (non-hydrogen) atoms. The van der Waals surface area contributed by atoms with E-state index in [4.69, 9.17) is 19.3 Å². The van der Waals surface area contributed by atoms with E-state index in [1.807, 2.05) is 0 Å². The minimum Gasteiger partial charge on any atom is -0.391 e. The van der Waals surface area contributed by atoms with Gasteiger partial charge >= 0.3 is 0 Å². The van der Waals surface area contributed by atoms with Crippen LogP contribution in [0.5, 0.6) is 0 Å². The van der Waals surface area contributed by atoms with Crippen molar-refractivity contribution >= 4 is 0 Å². The molecule has 0 spiro atoms. The lowest BCUT2D eigenvalue weighted by Crippen LogP contribution is -1.96. The van der Waals surface area contributed by atoms with Crippen molar-refractivity contribution in [3.63, 3.8) is 0 Å². The summed E-state index contributed by atoms with van der Waals surface area (Å²) in [5.41, 5.74) is 0.887. The topological polar surface area (TPSA) is 133 Å². The molecule has 8 heteroatoms. The van der Waals surface area contributed by atoms with Gasteiger partial charge in [0.05, 0.1) is 24.3 Å². The van der Waals surface area contributed by atoms with Gasteiger partial charge in [-0.1, -0.05) is 10.3 Å². The average Bonchev–Trinajstić information content (AvgIpc) is 3.00. The molecule has 8 nitrogen and oxygen atoms in total. The predicted octanol–water partition coefficient (Wildman–Crippen LogP) is -0.701. The Hall–Kier alpha value is -1.74. The van der Waals surface area contributed by atoms with Gasteiger partial charge < -0.3 is 29.5 Å². The summed E-state index contributed by atoms with van der Waals surface area (Å²) in [6.07, 6.45) is 0. The van der Waals surface area contributed by atoms with Crippen LogP contribution >= 0.6 is 0 Å². The van der Waals surface area contributed by atoms with Gasteiger partial charge in [-0.3, -0.25) is 0 Å². The van der Waals surface area contributed by atoms with Crippen LogP contribution in [0.15, 0.2) is 9.05 Å². The quantitative estimate of drug-likeness (QED) is 0.551. The normalized spacial score (nSPS) is 11.1. The highest BCUT2D eigenvalue weighted by atomic mass is 16.5. The summed E-state index contributed by atoms with van der Waals surface area (Å²) in [7, 11) is 0. The molecule has 98 valence electrons. The second-order valence-corrected chi connectivity index (χ2v) is 3.50. The number of aromatic nitrogens is 2. The van der Waals surface area contributed by atoms with E-state index >= 15 is 0 Å². The van der Waals surface area contributed by atoms with Crippen LogP contribution in [-0.4, -0.2) is 30.7 Å². The smallest absolute Gasteiger partial charge is 0.168 e. The Bertz CT molecular complexity index is 484. The summed E-state index contributed by atoms with van der Waals surface area (Å²) in [5, 5.41) is 43.8. The maximum Gasteiger partial charge on any atom is 0.168 e. The van der Waals surface area contributed by atoms with Crippen molar-refractivity contribution in [2.24, 2.45) is 0 Å². The van der Waals surface area contributed by atoms with Gasteiger partial charge in [0.2, 0.25) is 0 Å². The van der Waals surface area contributed by atoms with Crippen LogP contribution in [0.1, 0.15) is 22.6 Å². The lowest BCUT2D eigenvalue weighted by molar-refractivity contribution is 0.218. The fourth-order valence-corrected chi connectivity index (χ4v) is 1.63. The van der Waals surface area contributed by atoms with Crippen LogP contribution < -0.4 is 0 Å². The zero-order valence-corrected chi connectivity index (χ0v) is 9.33. The predicted molar refractivity (Wildman–Crippen MR) is 55.7 cm³/mol. The van der Waals surface area contributed by atoms with Crippen molar-refractivity contribution in [2.45, 2.75) is 26.4 Å². The first-order valence-electron chi connectivity index (χ1n) is 5.15. The fraction of sp³-hybridized carbons (Fsp3) is 0.400. The van der Waals surface area contributed by atoms with Crippen molar-refractivity contribution in [1.82, 2.24) is 10.3 Å². The number of nitrogens with zero attached hydrogens (tertiary/aromatic N) is 2. The molecule has 0 saturated heterocycles. The van der Waals surface area contributed by atoms with E-state index in [9.17, 15) is 10.2 Å². The highest BCUT2D eigenvalue weighted by Crippen LogP contribution is 2.29. The lowest BCUT2D eigenvalue weighted by atomic mass is 10.1. The Morgan fingerprint density at radius 3 is 1.33 bits per heavy atom. The van der Waals surface area contributed by atoms with E-state index in [0.29, 0.717) is 0 Å². The molecule has 0 fully saturated rings. The van der Waals surface area contributed by atoms with Gasteiger partial charge in [-0.15, -0.1) is 0 Å². The van der Waals surface area contributed by atoms with Crippen molar-refractivity contribution < 1.29 is 29.5 Å². The monoisotopic (exact) mass is 256 g/mol. The van der Waals surface area contributed by atoms with Crippen LogP contribution in [0.4, 0.5) is 0 Å². The molecular formula is C10H12N2O6. The molecule has 2 heterocycles. The van der Waals surface area contributed by atoms with E-state index in [2.05, 4.69) is 10.3 Å². The van der Waals surface area contributed by atoms with Gasteiger partial charge in [-0.2, -0.15) is 0 Å². The minimum absolute atomic E-state index is 0.116. The van der Waals surface area contributed by atoms with Crippen molar-refractivity contribution in [2.75, 3.05) is 0 Å². The van der Waals surface area contributed by atoms with Crippen molar-refractivity contribution in [3.8, 4) is 11.4 Å². The Morgan fingerprint density at radius 2 is 1.06 bits per heavy atom. The zero-order valence-electron chi connectivity index (χ0n) is 9.33. The molecule has 4 N–H and O–H groups in total. The third-order valence-corrected chi connectivity index (χ3v) is 2.57. The summed E-state index contributed by atoms with van der Waals surface area (Å²) in [4.78, 5) is 0. The maximum absolute atomic E-state index is 9.23. The largest absolute Gasteiger partial charge is 0.391 e. The van der Waals surface area contributed by atoms with E-state index in [1.54, 1.807) is 0 Å². The summed E-state index contributed by atoms with van der Waals surface area (Å²) in [6.45, 7) is -1.63. The summed E-state index contributed by atoms with van der Waals surface area (Å²) in [5.74, 6) is 0.231. The maximum atomic E-state index is 9.23. The Morgan fingerprint density at radius 1 is 0.667 bits per heavy atom. The number of aliphatic hydroxyl groups is 4. The minimum atomic E-state index is -0.415. The average molecular weight is 256 g/mol. The highest BCUT2D eigenvalue weighted by molar-refractivity contribution is 5.63. The van der Waals surface area contributed by atoms with Crippen LogP contribution in [0.3, 0.4) is 0 Å². The molecule has 0 bridgehead atoms. The van der Waals surface area contributed by atoms with Gasteiger partial charge in [-0.05, 0) is 0 Å². The SMILES string of the molecule is OCc1onc(-c2noc(CO)c2CO)c1CO. The molecule has 0 unspecified atom stereocenters. The molecule has 0 amide bonds. The van der Waals surface area contributed by atoms with Gasteiger partial charge in [-0.25, -0.2) is 0 Å². The first-order valence-corrected chi connectivity index (χ1v) is 5.15. The van der Waals surface area contributed by atoms with Crippen LogP contribution in [0.25, 0.3) is 11.4 Å². The second kappa shape index (κ2) is 5.27. The first-order chi connectivity index (χ1) is 8.76. The Balaban J connectivity index is 2.54. The molecule has 2 rings (SSSR count). The lowest BCUT2D eigenvalue weighted by Gasteiger charge is -1.98. The van der Waals surface area contributed by atoms with Gasteiger partial charge in [0.25, 0.3) is 0 Å². The van der Waals surface area contributed by atoms with Crippen molar-refractivity contribution in [1.29, 1.82) is 0 Å². The summed E-state index contributed by atoms with van der Waals surface area (Å²) >= 11 is 0. The van der Waals surface area contributed by atoms with Crippen LogP contribution in [0.2, 0.25) is 0 Å². The standard InChI is InChI=1S/C10H12N2O6/c13-1-5-7(3-15)17-11-9(5)10-6(2-14)8(4-16)18-12-10/h13-16H,1-4H2. The zero-order chi connectivity index (χ0) is 13.1. The molecule has 0 aromatic carbocycles. The third kappa shape index (κ3) is 1.91. The highest BCUT2D eigenvalue weighted by Gasteiger charge is 2.24. The van der Waals surface area contributed by atoms with Crippen LogP contribution in [0, 0.1) is 0 Å². The molecule has 0 atom stereocenters. The summed E-state index contributed by atoms with van der Waals surface area (Å²) in [6, 6.07) is 0. The van der Waals surface area contributed by atoms with E-state index in [-0.39, 0.29) is 34.0 Å². The molecule has 0 saturated carbocycles. The Labute approximate surface area is 101 Å². The molecule has 0 radical (unpaired) electrons. The molecular weight excluding hydrogens is 244 g/mol. The van der Waals surface area contributed by atoms with Gasteiger partial charge in [0.15, 0.2) is 11.5 Å². The molecule has 2 aromatic heterocycles. The fourth-order valence-electron chi connectivity index (χ4n) is 1.63. The summed E-state index contributed by atoms with van der Waals surface area (Å²) < 4.78 is 9.69. The van der Waals surface area contributed by atoms with Gasteiger partial charge in [0, 0.05) is 0 Å². The first kappa shape index (κ1) is 12.7. The molecule has 0 aliphatic carbocycles. The van der Waals surface area contributed by atoms with E-state index in [0.717, 1.165) is 0 Å². The van der Waals surface area contributed by atoms with Gasteiger partial charge in [0.1, 0.15) is 24.6 Å².